The largest absolute Gasteiger partial charge is 0.455 e. The van der Waals surface area contributed by atoms with E-state index in [0.29, 0.717) is 5.76 Å². The van der Waals surface area contributed by atoms with E-state index < -0.39 is 0 Å². The van der Waals surface area contributed by atoms with Gasteiger partial charge in [0.25, 0.3) is 5.91 Å². The highest BCUT2D eigenvalue weighted by Crippen LogP contribution is 2.36. The van der Waals surface area contributed by atoms with Gasteiger partial charge in [0.05, 0.1) is 12.1 Å². The molecule has 5 rings (SSSR count). The predicted molar refractivity (Wildman–Crippen MR) is 128 cm³/mol. The second-order valence-electron chi connectivity index (χ2n) is 8.82. The van der Waals surface area contributed by atoms with E-state index in [9.17, 15) is 9.59 Å². The van der Waals surface area contributed by atoms with Crippen LogP contribution in [-0.4, -0.2) is 23.6 Å². The van der Waals surface area contributed by atoms with Crippen LogP contribution in [0.25, 0.3) is 0 Å². The number of hydrogen-bond donors (Lipinski definition) is 1. The molecule has 0 spiro atoms. The topological polar surface area (TPSA) is 74.9 Å². The molecule has 1 atom stereocenters. The van der Waals surface area contributed by atoms with E-state index in [1.807, 2.05) is 60.4 Å². The molecule has 1 N–H and O–H groups in total. The van der Waals surface area contributed by atoms with Gasteiger partial charge in [-0.15, -0.1) is 0 Å². The van der Waals surface area contributed by atoms with Gasteiger partial charge in [-0.2, -0.15) is 5.10 Å². The number of furan rings is 1. The molecule has 0 saturated carbocycles. The summed E-state index contributed by atoms with van der Waals surface area (Å²) in [7, 11) is 0. The molecule has 1 aliphatic heterocycles. The van der Waals surface area contributed by atoms with Gasteiger partial charge >= 0.3 is 0 Å². The van der Waals surface area contributed by atoms with Crippen molar-refractivity contribution in [2.75, 3.05) is 4.90 Å². The summed E-state index contributed by atoms with van der Waals surface area (Å²) in [5.41, 5.74) is 8.19. The Hall–Kier alpha value is -3.67. The summed E-state index contributed by atoms with van der Waals surface area (Å²) in [6.45, 7) is 3.97. The van der Waals surface area contributed by atoms with Crippen molar-refractivity contribution in [3.8, 4) is 0 Å². The average Bonchev–Trinajstić information content (AvgIpc) is 3.34. The highest BCUT2D eigenvalue weighted by molar-refractivity contribution is 6.11. The van der Waals surface area contributed by atoms with Crippen LogP contribution in [0.3, 0.4) is 0 Å². The number of para-hydroxylation sites is 1. The van der Waals surface area contributed by atoms with Crippen LogP contribution in [0.15, 0.2) is 64.1 Å². The third-order valence-corrected chi connectivity index (χ3v) is 6.47. The lowest BCUT2D eigenvalue weighted by molar-refractivity contribution is -0.120. The Bertz CT molecular complexity index is 1240. The predicted octanol–water partition coefficient (Wildman–Crippen LogP) is 4.58. The fourth-order valence-electron chi connectivity index (χ4n) is 4.92. The molecule has 1 unspecified atom stereocenters. The third kappa shape index (κ3) is 3.97. The first kappa shape index (κ1) is 21.2. The van der Waals surface area contributed by atoms with E-state index in [1.54, 1.807) is 0 Å². The van der Waals surface area contributed by atoms with Crippen LogP contribution < -0.4 is 10.3 Å². The van der Waals surface area contributed by atoms with Gasteiger partial charge < -0.3 is 9.32 Å². The Morgan fingerprint density at radius 3 is 2.67 bits per heavy atom. The van der Waals surface area contributed by atoms with Crippen LogP contribution >= 0.6 is 0 Å². The molecule has 2 heterocycles. The lowest BCUT2D eigenvalue weighted by Crippen LogP contribution is -2.35. The first-order valence-corrected chi connectivity index (χ1v) is 11.5. The van der Waals surface area contributed by atoms with Gasteiger partial charge in [-0.3, -0.25) is 9.59 Å². The smallest absolute Gasteiger partial charge is 0.294 e. The molecule has 168 valence electrons. The maximum atomic E-state index is 13.6. The molecule has 0 fully saturated rings. The number of benzene rings is 2. The van der Waals surface area contributed by atoms with Crippen LogP contribution in [-0.2, 0) is 24.1 Å². The van der Waals surface area contributed by atoms with E-state index in [-0.39, 0.29) is 24.3 Å². The van der Waals surface area contributed by atoms with E-state index in [1.165, 1.54) is 5.56 Å². The maximum Gasteiger partial charge on any atom is 0.294 e. The van der Waals surface area contributed by atoms with Crippen molar-refractivity contribution >= 4 is 23.2 Å². The fraction of sp³-hybridized carbons (Fsp3) is 0.296. The van der Waals surface area contributed by atoms with Gasteiger partial charge in [0.15, 0.2) is 5.76 Å². The van der Waals surface area contributed by atoms with Gasteiger partial charge in [-0.1, -0.05) is 48.5 Å². The number of carbonyl (C=O) groups excluding carboxylic acids is 2. The number of fused-ring (bicyclic) bond motifs is 2. The van der Waals surface area contributed by atoms with Crippen molar-refractivity contribution in [3.63, 3.8) is 0 Å². The van der Waals surface area contributed by atoms with Crippen molar-refractivity contribution in [2.45, 2.75) is 52.0 Å². The Labute approximate surface area is 193 Å². The molecule has 6 nitrogen and oxygen atoms in total. The van der Waals surface area contributed by atoms with Crippen molar-refractivity contribution in [2.24, 2.45) is 5.10 Å². The molecule has 33 heavy (non-hydrogen) atoms. The van der Waals surface area contributed by atoms with Gasteiger partial charge in [-0.25, -0.2) is 5.43 Å². The molecule has 2 aliphatic rings. The lowest BCUT2D eigenvalue weighted by Gasteiger charge is -2.21. The minimum Gasteiger partial charge on any atom is -0.455 e. The SMILES string of the molecule is Cc1c(C(=O)N2c3ccccc3CC2C)oc2c1/C(=N/NC(=O)Cc1ccccc1)CCC2. The monoisotopic (exact) mass is 441 g/mol. The maximum absolute atomic E-state index is 13.6. The van der Waals surface area contributed by atoms with Crippen molar-refractivity contribution in [3.05, 3.63) is 88.4 Å². The molecule has 0 saturated heterocycles. The van der Waals surface area contributed by atoms with Crippen molar-refractivity contribution < 1.29 is 14.0 Å². The number of nitrogens with zero attached hydrogens (tertiary/aromatic N) is 2. The molecular weight excluding hydrogens is 414 g/mol. The lowest BCUT2D eigenvalue weighted by atomic mass is 9.93. The molecular formula is C27H27N3O3. The summed E-state index contributed by atoms with van der Waals surface area (Å²) in [6, 6.07) is 17.7. The van der Waals surface area contributed by atoms with Crippen LogP contribution in [0.4, 0.5) is 5.69 Å². The summed E-state index contributed by atoms with van der Waals surface area (Å²) in [5.74, 6) is 0.861. The van der Waals surface area contributed by atoms with E-state index in [2.05, 4.69) is 23.5 Å². The van der Waals surface area contributed by atoms with Gasteiger partial charge in [0, 0.05) is 29.3 Å². The Morgan fingerprint density at radius 1 is 1.09 bits per heavy atom. The summed E-state index contributed by atoms with van der Waals surface area (Å²) in [4.78, 5) is 27.8. The zero-order valence-corrected chi connectivity index (χ0v) is 18.9. The number of rotatable bonds is 4. The van der Waals surface area contributed by atoms with Crippen LogP contribution in [0.1, 0.15) is 58.3 Å². The summed E-state index contributed by atoms with van der Waals surface area (Å²) in [5, 5.41) is 4.43. The normalized spacial score (nSPS) is 18.2. The van der Waals surface area contributed by atoms with E-state index in [0.717, 1.165) is 59.5 Å². The highest BCUT2D eigenvalue weighted by atomic mass is 16.4. The van der Waals surface area contributed by atoms with Gasteiger partial charge in [0.1, 0.15) is 5.76 Å². The Morgan fingerprint density at radius 2 is 1.85 bits per heavy atom. The Kier molecular flexibility index (Phi) is 5.58. The number of amides is 2. The van der Waals surface area contributed by atoms with E-state index in [4.69, 9.17) is 4.42 Å². The molecule has 2 amide bonds. The molecule has 6 heteroatoms. The number of hydrazone groups is 1. The van der Waals surface area contributed by atoms with E-state index >= 15 is 0 Å². The number of carbonyl (C=O) groups is 2. The summed E-state index contributed by atoms with van der Waals surface area (Å²) in [6.07, 6.45) is 3.46. The van der Waals surface area contributed by atoms with Crippen LogP contribution in [0.5, 0.6) is 0 Å². The minimum atomic E-state index is -0.166. The second-order valence-corrected chi connectivity index (χ2v) is 8.82. The number of hydrogen-bond acceptors (Lipinski definition) is 4. The summed E-state index contributed by atoms with van der Waals surface area (Å²) >= 11 is 0. The van der Waals surface area contributed by atoms with Crippen LogP contribution in [0, 0.1) is 6.92 Å². The first-order valence-electron chi connectivity index (χ1n) is 11.5. The van der Waals surface area contributed by atoms with Gasteiger partial charge in [-0.05, 0) is 50.3 Å². The average molecular weight is 442 g/mol. The zero-order chi connectivity index (χ0) is 22.9. The number of anilines is 1. The highest BCUT2D eigenvalue weighted by Gasteiger charge is 2.36. The molecule has 3 aromatic rings. The standard InChI is InChI=1S/C27H27N3O3/c1-17-15-20-11-6-7-13-22(20)30(17)27(32)26-18(2)25-21(12-8-14-23(25)33-26)28-29-24(31)16-19-9-4-3-5-10-19/h3-7,9-11,13,17H,8,12,14-16H2,1-2H3,(H,29,31)/b28-21+. The molecule has 0 bridgehead atoms. The van der Waals surface area contributed by atoms with Crippen molar-refractivity contribution in [1.29, 1.82) is 0 Å². The fourth-order valence-corrected chi connectivity index (χ4v) is 4.92. The number of nitrogens with one attached hydrogen (secondary N) is 1. The molecule has 1 aliphatic carbocycles. The zero-order valence-electron chi connectivity index (χ0n) is 18.9. The van der Waals surface area contributed by atoms with Gasteiger partial charge in [0.2, 0.25) is 5.91 Å². The second kappa shape index (κ2) is 8.70. The Balaban J connectivity index is 1.40. The van der Waals surface area contributed by atoms with Crippen LogP contribution in [0.2, 0.25) is 0 Å². The minimum absolute atomic E-state index is 0.0711. The third-order valence-electron chi connectivity index (χ3n) is 6.47. The first-order chi connectivity index (χ1) is 16.0. The summed E-state index contributed by atoms with van der Waals surface area (Å²) < 4.78 is 6.12. The van der Waals surface area contributed by atoms with Crippen molar-refractivity contribution in [1.82, 2.24) is 5.43 Å². The molecule has 2 aromatic carbocycles. The molecule has 0 radical (unpaired) electrons. The quantitative estimate of drug-likeness (QED) is 0.602. The molecule has 1 aromatic heterocycles. The number of aryl methyl sites for hydroxylation is 1.